The molecule has 2 rings (SSSR count). The number of hydrogen-bond acceptors (Lipinski definition) is 3. The zero-order valence-electron chi connectivity index (χ0n) is 13.4. The molecule has 1 heterocycles. The molecule has 5 nitrogen and oxygen atoms in total. The number of carbonyl (C=O) groups is 1. The average molecular weight is 301 g/mol. The molecule has 1 amide bonds. The summed E-state index contributed by atoms with van der Waals surface area (Å²) in [4.78, 5) is 11.9. The maximum absolute atomic E-state index is 11.9. The summed E-state index contributed by atoms with van der Waals surface area (Å²) >= 11 is 0. The van der Waals surface area contributed by atoms with Crippen LogP contribution >= 0.6 is 0 Å². The molecule has 2 aromatic rings. The fourth-order valence-corrected chi connectivity index (χ4v) is 1.92. The van der Waals surface area contributed by atoms with Crippen molar-refractivity contribution < 1.29 is 9.53 Å². The highest BCUT2D eigenvalue weighted by Crippen LogP contribution is 2.16. The summed E-state index contributed by atoms with van der Waals surface area (Å²) < 4.78 is 7.39. The van der Waals surface area contributed by atoms with Crippen LogP contribution in [0.1, 0.15) is 33.6 Å². The molecule has 0 bridgehead atoms. The van der Waals surface area contributed by atoms with Crippen LogP contribution in [0.3, 0.4) is 0 Å². The number of ether oxygens (including phenoxy) is 1. The first-order chi connectivity index (χ1) is 10.4. The van der Waals surface area contributed by atoms with Crippen molar-refractivity contribution in [3.05, 3.63) is 42.7 Å². The van der Waals surface area contributed by atoms with E-state index in [1.165, 1.54) is 0 Å². The first-order valence-corrected chi connectivity index (χ1v) is 7.48. The molecule has 0 saturated carbocycles. The van der Waals surface area contributed by atoms with E-state index >= 15 is 0 Å². The highest BCUT2D eigenvalue weighted by atomic mass is 16.5. The highest BCUT2D eigenvalue weighted by molar-refractivity contribution is 5.90. The van der Waals surface area contributed by atoms with Crippen molar-refractivity contribution in [3.63, 3.8) is 0 Å². The molecule has 0 atom stereocenters. The van der Waals surface area contributed by atoms with Gasteiger partial charge in [-0.2, -0.15) is 5.10 Å². The second kappa shape index (κ2) is 7.11. The minimum absolute atomic E-state index is 0.0230. The van der Waals surface area contributed by atoms with Gasteiger partial charge >= 0.3 is 0 Å². The Morgan fingerprint density at radius 3 is 2.64 bits per heavy atom. The standard InChI is InChI=1S/C17H23N3O2/c1-17(2,3)20-13-14(12-18-20)19-16(21)10-7-11-22-15-8-5-4-6-9-15/h4-6,8-9,12-13H,7,10-11H2,1-3H3,(H,19,21). The van der Waals surface area contributed by atoms with Gasteiger partial charge in [-0.1, -0.05) is 18.2 Å². The molecule has 0 aliphatic rings. The van der Waals surface area contributed by atoms with Crippen molar-refractivity contribution in [3.8, 4) is 5.75 Å². The van der Waals surface area contributed by atoms with E-state index in [2.05, 4.69) is 31.2 Å². The summed E-state index contributed by atoms with van der Waals surface area (Å²) in [5, 5.41) is 7.11. The lowest BCUT2D eigenvalue weighted by Gasteiger charge is -2.18. The molecule has 118 valence electrons. The maximum Gasteiger partial charge on any atom is 0.224 e. The molecular formula is C17H23N3O2. The van der Waals surface area contributed by atoms with Crippen LogP contribution in [0.5, 0.6) is 5.75 Å². The van der Waals surface area contributed by atoms with E-state index in [1.807, 2.05) is 41.2 Å². The number of rotatable bonds is 6. The smallest absolute Gasteiger partial charge is 0.224 e. The van der Waals surface area contributed by atoms with Crippen molar-refractivity contribution >= 4 is 11.6 Å². The zero-order chi connectivity index (χ0) is 16.0. The van der Waals surface area contributed by atoms with E-state index in [4.69, 9.17) is 4.74 Å². The Morgan fingerprint density at radius 2 is 2.00 bits per heavy atom. The SMILES string of the molecule is CC(C)(C)n1cc(NC(=O)CCCOc2ccccc2)cn1. The number of nitrogens with one attached hydrogen (secondary N) is 1. The molecule has 0 saturated heterocycles. The van der Waals surface area contributed by atoms with Gasteiger partial charge in [-0.3, -0.25) is 9.48 Å². The summed E-state index contributed by atoms with van der Waals surface area (Å²) in [7, 11) is 0. The Labute approximate surface area is 131 Å². The van der Waals surface area contributed by atoms with Gasteiger partial charge < -0.3 is 10.1 Å². The van der Waals surface area contributed by atoms with Gasteiger partial charge in [-0.05, 0) is 39.3 Å². The van der Waals surface area contributed by atoms with Crippen LogP contribution in [0.25, 0.3) is 0 Å². The third-order valence-electron chi connectivity index (χ3n) is 3.11. The van der Waals surface area contributed by atoms with Gasteiger partial charge in [0.2, 0.25) is 5.91 Å². The first kappa shape index (κ1) is 16.1. The third-order valence-corrected chi connectivity index (χ3v) is 3.11. The number of anilines is 1. The van der Waals surface area contributed by atoms with Crippen molar-refractivity contribution in [2.24, 2.45) is 0 Å². The van der Waals surface area contributed by atoms with Crippen molar-refractivity contribution in [2.45, 2.75) is 39.2 Å². The number of aromatic nitrogens is 2. The van der Waals surface area contributed by atoms with Crippen LogP contribution in [0.15, 0.2) is 42.7 Å². The topological polar surface area (TPSA) is 56.2 Å². The minimum Gasteiger partial charge on any atom is -0.494 e. The second-order valence-electron chi connectivity index (χ2n) is 6.16. The van der Waals surface area contributed by atoms with Crippen molar-refractivity contribution in [1.29, 1.82) is 0 Å². The van der Waals surface area contributed by atoms with Crippen molar-refractivity contribution in [2.75, 3.05) is 11.9 Å². The molecule has 1 aromatic carbocycles. The summed E-state index contributed by atoms with van der Waals surface area (Å²) in [5.41, 5.74) is 0.635. The summed E-state index contributed by atoms with van der Waals surface area (Å²) in [6.45, 7) is 6.71. The van der Waals surface area contributed by atoms with Crippen molar-refractivity contribution in [1.82, 2.24) is 9.78 Å². The molecule has 0 radical (unpaired) electrons. The van der Waals surface area contributed by atoms with E-state index < -0.39 is 0 Å². The number of nitrogens with zero attached hydrogens (tertiary/aromatic N) is 2. The molecule has 0 unspecified atom stereocenters. The summed E-state index contributed by atoms with van der Waals surface area (Å²) in [6.07, 6.45) is 4.61. The predicted molar refractivity (Wildman–Crippen MR) is 87.0 cm³/mol. The highest BCUT2D eigenvalue weighted by Gasteiger charge is 2.14. The summed E-state index contributed by atoms with van der Waals surface area (Å²) in [5.74, 6) is 0.805. The molecule has 5 heteroatoms. The predicted octanol–water partition coefficient (Wildman–Crippen LogP) is 3.44. The van der Waals surface area contributed by atoms with E-state index in [-0.39, 0.29) is 11.4 Å². The number of para-hydroxylation sites is 1. The van der Waals surface area contributed by atoms with Crippen LogP contribution in [0.4, 0.5) is 5.69 Å². The Kier molecular flexibility index (Phi) is 5.20. The van der Waals surface area contributed by atoms with E-state index in [0.29, 0.717) is 19.4 Å². The van der Waals surface area contributed by atoms with Crippen LogP contribution < -0.4 is 10.1 Å². The number of benzene rings is 1. The van der Waals surface area contributed by atoms with E-state index in [1.54, 1.807) is 6.20 Å². The number of carbonyl (C=O) groups excluding carboxylic acids is 1. The second-order valence-corrected chi connectivity index (χ2v) is 6.16. The molecule has 1 N–H and O–H groups in total. The van der Waals surface area contributed by atoms with E-state index in [9.17, 15) is 4.79 Å². The lowest BCUT2D eigenvalue weighted by molar-refractivity contribution is -0.116. The molecular weight excluding hydrogens is 278 g/mol. The van der Waals surface area contributed by atoms with Gasteiger partial charge in [0.15, 0.2) is 0 Å². The Balaban J connectivity index is 1.71. The number of hydrogen-bond donors (Lipinski definition) is 1. The van der Waals surface area contributed by atoms with Crippen LogP contribution in [0, 0.1) is 0 Å². The zero-order valence-corrected chi connectivity index (χ0v) is 13.4. The van der Waals surface area contributed by atoms with Crippen LogP contribution in [-0.2, 0) is 10.3 Å². The first-order valence-electron chi connectivity index (χ1n) is 7.48. The lowest BCUT2D eigenvalue weighted by atomic mass is 10.1. The van der Waals surface area contributed by atoms with Crippen LogP contribution in [-0.4, -0.2) is 22.3 Å². The molecule has 0 fully saturated rings. The quantitative estimate of drug-likeness (QED) is 0.832. The Morgan fingerprint density at radius 1 is 1.27 bits per heavy atom. The van der Waals surface area contributed by atoms with E-state index in [0.717, 1.165) is 11.4 Å². The van der Waals surface area contributed by atoms with Gasteiger partial charge in [0, 0.05) is 12.6 Å². The molecule has 0 aliphatic heterocycles. The fraction of sp³-hybridized carbons (Fsp3) is 0.412. The summed E-state index contributed by atoms with van der Waals surface area (Å²) in [6, 6.07) is 9.60. The molecule has 0 spiro atoms. The monoisotopic (exact) mass is 301 g/mol. The Bertz CT molecular complexity index is 600. The molecule has 1 aromatic heterocycles. The largest absolute Gasteiger partial charge is 0.494 e. The average Bonchev–Trinajstić information content (AvgIpc) is 2.93. The minimum atomic E-state index is -0.0908. The van der Waals surface area contributed by atoms with Crippen LogP contribution in [0.2, 0.25) is 0 Å². The normalized spacial score (nSPS) is 11.2. The van der Waals surface area contributed by atoms with Gasteiger partial charge in [0.05, 0.1) is 24.0 Å². The third kappa shape index (κ3) is 4.91. The number of amides is 1. The molecule has 0 aliphatic carbocycles. The fourth-order valence-electron chi connectivity index (χ4n) is 1.92. The van der Waals surface area contributed by atoms with Gasteiger partial charge in [0.25, 0.3) is 0 Å². The Hall–Kier alpha value is -2.30. The molecule has 22 heavy (non-hydrogen) atoms. The lowest BCUT2D eigenvalue weighted by Crippen LogP contribution is -2.22. The maximum atomic E-state index is 11.9. The van der Waals surface area contributed by atoms with Gasteiger partial charge in [0.1, 0.15) is 5.75 Å². The van der Waals surface area contributed by atoms with Gasteiger partial charge in [-0.25, -0.2) is 0 Å². The van der Waals surface area contributed by atoms with Gasteiger partial charge in [-0.15, -0.1) is 0 Å².